The van der Waals surface area contributed by atoms with Gasteiger partial charge in [-0.25, -0.2) is 10.5 Å². The van der Waals surface area contributed by atoms with E-state index in [1.54, 1.807) is 14.2 Å². The van der Waals surface area contributed by atoms with Crippen LogP contribution in [0.1, 0.15) is 83.5 Å². The number of carboxylic acid groups (broad SMARTS) is 1. The van der Waals surface area contributed by atoms with Crippen LogP contribution >= 0.6 is 24.1 Å². The van der Waals surface area contributed by atoms with Gasteiger partial charge in [0.25, 0.3) is 0 Å². The predicted octanol–water partition coefficient (Wildman–Crippen LogP) is 4.36. The second kappa shape index (κ2) is 19.8. The molecule has 0 aliphatic heterocycles. The highest BCUT2D eigenvalue weighted by Crippen LogP contribution is 2.46. The lowest BCUT2D eigenvalue weighted by molar-refractivity contribution is -0.432. The molecule has 5 fully saturated rings. The van der Waals surface area contributed by atoms with Crippen LogP contribution in [0.25, 0.3) is 0 Å². The largest absolute Gasteiger partial charge is 0.481 e. The first-order chi connectivity index (χ1) is 24.2. The maximum Gasteiger partial charge on any atom is 0.306 e. The molecule has 7 N–H and O–H groups in total. The Morgan fingerprint density at radius 3 is 2.08 bits per heavy atom. The Morgan fingerprint density at radius 2 is 1.42 bits per heavy atom. The van der Waals surface area contributed by atoms with Crippen LogP contribution < -0.4 is 11.1 Å². The molecule has 50 heavy (non-hydrogen) atoms. The van der Waals surface area contributed by atoms with Gasteiger partial charge in [-0.2, -0.15) is 20.5 Å². The van der Waals surface area contributed by atoms with E-state index in [4.69, 9.17) is 40.3 Å². The van der Waals surface area contributed by atoms with Crippen LogP contribution in [0.2, 0.25) is 0 Å². The molecule has 0 aromatic carbocycles. The van der Waals surface area contributed by atoms with E-state index in [1.807, 2.05) is 0 Å². The summed E-state index contributed by atoms with van der Waals surface area (Å²) in [4.78, 5) is 11.6. The Bertz CT molecular complexity index is 1120. The predicted molar refractivity (Wildman–Crippen MR) is 182 cm³/mol. The number of nitrogens with zero attached hydrogens (tertiary/aromatic N) is 4. The Balaban J connectivity index is 1.22. The number of azo groups is 2. The molecule has 0 heterocycles. The Morgan fingerprint density at radius 1 is 0.760 bits per heavy atom. The van der Waals surface area contributed by atoms with Crippen molar-refractivity contribution in [2.24, 2.45) is 43.9 Å². The van der Waals surface area contributed by atoms with E-state index in [9.17, 15) is 15.0 Å². The summed E-state index contributed by atoms with van der Waals surface area (Å²) < 4.78 is 21.2. The van der Waals surface area contributed by atoms with E-state index in [0.717, 1.165) is 75.5 Å². The lowest BCUT2D eigenvalue weighted by Crippen LogP contribution is -2.54. The summed E-state index contributed by atoms with van der Waals surface area (Å²) >= 11 is 1.92. The van der Waals surface area contributed by atoms with Crippen molar-refractivity contribution in [1.82, 2.24) is 5.32 Å². The lowest BCUT2D eigenvalue weighted by atomic mass is 9.66. The highest BCUT2D eigenvalue weighted by Gasteiger charge is 2.48. The van der Waals surface area contributed by atoms with Crippen molar-refractivity contribution in [1.29, 1.82) is 0 Å². The van der Waals surface area contributed by atoms with Gasteiger partial charge in [-0.1, -0.05) is 16.5 Å². The number of hydrogen-bond donors (Lipinski definition) is 6. The normalized spacial score (nSPS) is 42.9. The van der Waals surface area contributed by atoms with E-state index in [1.165, 1.54) is 0 Å². The summed E-state index contributed by atoms with van der Waals surface area (Å²) in [5, 5.41) is 68.6. The molecule has 0 amide bonds. The van der Waals surface area contributed by atoms with Gasteiger partial charge in [-0.05, 0) is 76.0 Å². The topological polar surface area (TPSA) is 241 Å². The van der Waals surface area contributed by atoms with E-state index >= 15 is 0 Å². The zero-order valence-corrected chi connectivity index (χ0v) is 30.3. The molecule has 15 atom stereocenters. The van der Waals surface area contributed by atoms with Crippen molar-refractivity contribution in [3.63, 3.8) is 0 Å². The number of methoxy groups -OCH3 is 2. The van der Waals surface area contributed by atoms with E-state index in [0.29, 0.717) is 32.1 Å². The minimum Gasteiger partial charge on any atom is -0.481 e. The van der Waals surface area contributed by atoms with Crippen LogP contribution in [0.4, 0.5) is 0 Å². The smallest absolute Gasteiger partial charge is 0.306 e. The van der Waals surface area contributed by atoms with Crippen molar-refractivity contribution in [3.05, 3.63) is 0 Å². The van der Waals surface area contributed by atoms with Gasteiger partial charge in [0, 0.05) is 69.3 Å². The molecule has 0 radical (unpaired) electrons. The van der Waals surface area contributed by atoms with Gasteiger partial charge >= 0.3 is 5.97 Å². The molecule has 0 aromatic heterocycles. The summed E-state index contributed by atoms with van der Waals surface area (Å²) in [7, 11) is 3.27. The first-order valence-corrected chi connectivity index (χ1v) is 19.4. The number of rotatable bonds is 15. The fraction of sp³-hybridized carbons (Fsp3) is 0.968. The SMILES string of the molecule is COC1CC(N=NC2C(SOOO)CC3CCC(NC4CCCC(C(=O)O)C4)CC3C2O)C(OC)CC1N=NC1CCC(N)C(SOOO)C1. The van der Waals surface area contributed by atoms with Crippen molar-refractivity contribution in [3.8, 4) is 0 Å². The van der Waals surface area contributed by atoms with Gasteiger partial charge in [-0.3, -0.25) is 4.79 Å². The minimum absolute atomic E-state index is 0.0212. The minimum atomic E-state index is -0.802. The number of nitrogens with two attached hydrogens (primary N) is 1. The second-order valence-corrected chi connectivity index (χ2v) is 16.4. The molecule has 286 valence electrons. The Kier molecular flexibility index (Phi) is 15.9. The summed E-state index contributed by atoms with van der Waals surface area (Å²) in [6.07, 6.45) is 8.32. The maximum atomic E-state index is 11.8. The molecule has 0 aromatic rings. The number of ether oxygens (including phenoxy) is 2. The molecular weight excluding hydrogens is 697 g/mol. The molecule has 19 heteroatoms. The highest BCUT2D eigenvalue weighted by molar-refractivity contribution is 7.95. The monoisotopic (exact) mass is 750 g/mol. The Hall–Kier alpha value is -1.07. The zero-order valence-electron chi connectivity index (χ0n) is 28.7. The molecule has 5 saturated carbocycles. The number of fused-ring (bicyclic) bond motifs is 1. The number of aliphatic carboxylic acids is 1. The van der Waals surface area contributed by atoms with Crippen LogP contribution in [0, 0.1) is 17.8 Å². The maximum absolute atomic E-state index is 11.8. The van der Waals surface area contributed by atoms with Gasteiger partial charge in [0.05, 0.1) is 52.9 Å². The summed E-state index contributed by atoms with van der Waals surface area (Å²) in [5.41, 5.74) is 6.20. The standard InChI is InChI=1S/C31H54N6O11S2/c1-43-25-15-24(26(44-2)14-23(25)35-34-20-8-9-22(32)27(13-20)49-47-45-41)36-37-29-28(50-48-46-42)11-16-6-7-19(12-21(16)30(29)38)33-18-5-3-4-17(10-18)31(39)40/h16-30,33,38,41-42H,3-15,32H2,1-2H3,(H,39,40). The number of aliphatic hydroxyl groups is 1. The van der Waals surface area contributed by atoms with Crippen molar-refractivity contribution >= 4 is 30.1 Å². The summed E-state index contributed by atoms with van der Waals surface area (Å²) in [6.45, 7) is 0. The molecule has 0 saturated heterocycles. The first kappa shape index (κ1) is 40.1. The average molecular weight is 751 g/mol. The van der Waals surface area contributed by atoms with Crippen LogP contribution in [0.5, 0.6) is 0 Å². The molecular formula is C31H54N6O11S2. The average Bonchev–Trinajstić information content (AvgIpc) is 3.13. The molecule has 17 nitrogen and oxygen atoms in total. The van der Waals surface area contributed by atoms with Gasteiger partial charge in [0.1, 0.15) is 6.04 Å². The lowest BCUT2D eigenvalue weighted by Gasteiger charge is -2.47. The van der Waals surface area contributed by atoms with Crippen LogP contribution in [0.15, 0.2) is 20.5 Å². The van der Waals surface area contributed by atoms with E-state index in [-0.39, 0.29) is 76.7 Å². The van der Waals surface area contributed by atoms with Crippen molar-refractivity contribution in [2.75, 3.05) is 14.2 Å². The fourth-order valence-electron chi connectivity index (χ4n) is 8.85. The van der Waals surface area contributed by atoms with Crippen molar-refractivity contribution < 1.29 is 53.7 Å². The molecule has 5 aliphatic carbocycles. The first-order valence-electron chi connectivity index (χ1n) is 17.8. The third-order valence-electron chi connectivity index (χ3n) is 11.6. The molecule has 5 rings (SSSR count). The quantitative estimate of drug-likeness (QED) is 0.0590. The van der Waals surface area contributed by atoms with Gasteiger partial charge < -0.3 is 30.7 Å². The third kappa shape index (κ3) is 10.5. The van der Waals surface area contributed by atoms with Gasteiger partial charge in [0.2, 0.25) is 0 Å². The number of nitrogens with one attached hydrogen (secondary N) is 1. The fourth-order valence-corrected chi connectivity index (χ4v) is 10.4. The number of carboxylic acids is 1. The Labute approximate surface area is 301 Å². The van der Waals surface area contributed by atoms with E-state index < -0.39 is 18.1 Å². The highest BCUT2D eigenvalue weighted by atomic mass is 32.2. The molecule has 5 aliphatic rings. The van der Waals surface area contributed by atoms with Crippen LogP contribution in [-0.4, -0.2) is 112 Å². The number of hydrogen-bond acceptors (Lipinski definition) is 18. The van der Waals surface area contributed by atoms with Crippen molar-refractivity contribution in [2.45, 2.75) is 155 Å². The summed E-state index contributed by atoms with van der Waals surface area (Å²) in [6, 6.07) is -1.02. The summed E-state index contributed by atoms with van der Waals surface area (Å²) in [5.74, 6) is -0.813. The van der Waals surface area contributed by atoms with E-state index in [2.05, 4.69) is 30.0 Å². The van der Waals surface area contributed by atoms with Gasteiger partial charge in [0.15, 0.2) is 0 Å². The zero-order chi connectivity index (χ0) is 35.6. The molecule has 0 bridgehead atoms. The number of carbonyl (C=O) groups is 1. The number of aliphatic hydroxyl groups excluding tert-OH is 1. The second-order valence-electron chi connectivity index (χ2n) is 14.5. The van der Waals surface area contributed by atoms with Gasteiger partial charge in [-0.15, -0.1) is 8.67 Å². The molecule has 15 unspecified atom stereocenters. The van der Waals surface area contributed by atoms with Crippen LogP contribution in [0.3, 0.4) is 0 Å². The third-order valence-corrected chi connectivity index (χ3v) is 13.4. The van der Waals surface area contributed by atoms with Crippen LogP contribution in [-0.2, 0) is 33.0 Å². The molecule has 0 spiro atoms.